The molecular formula is C30H42N2O5. The Morgan fingerprint density at radius 2 is 1.68 bits per heavy atom. The van der Waals surface area contributed by atoms with Crippen LogP contribution in [-0.4, -0.2) is 53.4 Å². The largest absolute Gasteiger partial charge is 0.478 e. The number of hydrogen-bond donors (Lipinski definition) is 2. The quantitative estimate of drug-likeness (QED) is 0.337. The standard InChI is InChI=1S/C30H42N2O5/c1-5-24(6-2)32(30(35)31-27-16-8-7-11-21(27)3)17-18-36-25-14-10-15-26(19-25)37-20-23-13-9-12-22(4)28(23)29(33)34/h7-9,11-13,16,24-26H,5-6,10,14-15,17-20H2,1-4H3,(H,31,35)(H,33,34). The Hall–Kier alpha value is -2.90. The minimum absolute atomic E-state index is 0.0281. The zero-order chi connectivity index (χ0) is 26.8. The lowest BCUT2D eigenvalue weighted by Gasteiger charge is -2.33. The lowest BCUT2D eigenvalue weighted by atomic mass is 9.94. The predicted octanol–water partition coefficient (Wildman–Crippen LogP) is 6.57. The third-order valence-corrected chi connectivity index (χ3v) is 7.34. The van der Waals surface area contributed by atoms with Crippen LogP contribution < -0.4 is 5.32 Å². The highest BCUT2D eigenvalue weighted by Crippen LogP contribution is 2.26. The van der Waals surface area contributed by atoms with Crippen LogP contribution in [0.1, 0.15) is 79.4 Å². The van der Waals surface area contributed by atoms with Crippen molar-refractivity contribution in [2.45, 2.75) is 91.1 Å². The van der Waals surface area contributed by atoms with Crippen molar-refractivity contribution in [1.82, 2.24) is 4.90 Å². The number of aryl methyl sites for hydroxylation is 2. The first kappa shape index (κ1) is 28.7. The van der Waals surface area contributed by atoms with Gasteiger partial charge in [0.2, 0.25) is 0 Å². The molecule has 7 nitrogen and oxygen atoms in total. The molecule has 0 spiro atoms. The SMILES string of the molecule is CCC(CC)N(CCOC1CCCC(OCc2cccc(C)c2C(=O)O)C1)C(=O)Nc1ccccc1C. The summed E-state index contributed by atoms with van der Waals surface area (Å²) in [6.07, 6.45) is 5.53. The van der Waals surface area contributed by atoms with Gasteiger partial charge < -0.3 is 24.8 Å². The second-order valence-corrected chi connectivity index (χ2v) is 9.92. The maximum absolute atomic E-state index is 13.2. The Balaban J connectivity index is 1.53. The van der Waals surface area contributed by atoms with Gasteiger partial charge in [-0.2, -0.15) is 0 Å². The van der Waals surface area contributed by atoms with E-state index in [1.165, 1.54) is 0 Å². The highest BCUT2D eigenvalue weighted by atomic mass is 16.5. The highest BCUT2D eigenvalue weighted by molar-refractivity contribution is 5.91. The summed E-state index contributed by atoms with van der Waals surface area (Å²) in [6.45, 7) is 9.29. The normalized spacial score (nSPS) is 17.5. The molecule has 2 unspecified atom stereocenters. The van der Waals surface area contributed by atoms with Crippen molar-refractivity contribution in [3.8, 4) is 0 Å². The summed E-state index contributed by atoms with van der Waals surface area (Å²) in [6, 6.07) is 13.4. The van der Waals surface area contributed by atoms with Crippen molar-refractivity contribution in [3.05, 3.63) is 64.7 Å². The van der Waals surface area contributed by atoms with Gasteiger partial charge in [0.15, 0.2) is 0 Å². The molecule has 0 bridgehead atoms. The number of anilines is 1. The second-order valence-electron chi connectivity index (χ2n) is 9.92. The van der Waals surface area contributed by atoms with E-state index in [0.29, 0.717) is 24.3 Å². The molecule has 1 fully saturated rings. The minimum Gasteiger partial charge on any atom is -0.478 e. The first-order valence-electron chi connectivity index (χ1n) is 13.5. The molecule has 2 N–H and O–H groups in total. The topological polar surface area (TPSA) is 88.1 Å². The summed E-state index contributed by atoms with van der Waals surface area (Å²) in [7, 11) is 0. The van der Waals surface area contributed by atoms with E-state index in [-0.39, 0.29) is 30.9 Å². The predicted molar refractivity (Wildman–Crippen MR) is 146 cm³/mol. The molecule has 3 rings (SSSR count). The Morgan fingerprint density at radius 3 is 2.35 bits per heavy atom. The van der Waals surface area contributed by atoms with Crippen LogP contribution in [0.5, 0.6) is 0 Å². The minimum atomic E-state index is -0.921. The van der Waals surface area contributed by atoms with Crippen molar-refractivity contribution in [1.29, 1.82) is 0 Å². The first-order chi connectivity index (χ1) is 17.8. The van der Waals surface area contributed by atoms with Gasteiger partial charge in [-0.15, -0.1) is 0 Å². The van der Waals surface area contributed by atoms with Crippen molar-refractivity contribution in [2.24, 2.45) is 0 Å². The molecule has 2 aromatic rings. The fourth-order valence-electron chi connectivity index (χ4n) is 5.16. The molecule has 0 radical (unpaired) electrons. The van der Waals surface area contributed by atoms with Gasteiger partial charge in [0, 0.05) is 18.3 Å². The van der Waals surface area contributed by atoms with Crippen molar-refractivity contribution >= 4 is 17.7 Å². The van der Waals surface area contributed by atoms with Gasteiger partial charge >= 0.3 is 12.0 Å². The average molecular weight is 511 g/mol. The zero-order valence-corrected chi connectivity index (χ0v) is 22.7. The number of para-hydroxylation sites is 1. The Kier molecular flexibility index (Phi) is 11.0. The second kappa shape index (κ2) is 14.1. The summed E-state index contributed by atoms with van der Waals surface area (Å²) in [5.41, 5.74) is 3.64. The van der Waals surface area contributed by atoms with Crippen molar-refractivity contribution in [3.63, 3.8) is 0 Å². The monoisotopic (exact) mass is 510 g/mol. The summed E-state index contributed by atoms with van der Waals surface area (Å²) in [4.78, 5) is 26.7. The molecule has 2 amide bonds. The summed E-state index contributed by atoms with van der Waals surface area (Å²) >= 11 is 0. The van der Waals surface area contributed by atoms with E-state index in [1.807, 2.05) is 61.2 Å². The number of amides is 2. The van der Waals surface area contributed by atoms with E-state index < -0.39 is 5.97 Å². The summed E-state index contributed by atoms with van der Waals surface area (Å²) < 4.78 is 12.4. The number of urea groups is 1. The fraction of sp³-hybridized carbons (Fsp3) is 0.533. The van der Waals surface area contributed by atoms with Gasteiger partial charge in [-0.1, -0.05) is 50.2 Å². The van der Waals surface area contributed by atoms with E-state index in [4.69, 9.17) is 9.47 Å². The van der Waals surface area contributed by atoms with Crippen LogP contribution in [0, 0.1) is 13.8 Å². The molecule has 0 heterocycles. The number of nitrogens with one attached hydrogen (secondary N) is 1. The Labute approximate surface area is 221 Å². The summed E-state index contributed by atoms with van der Waals surface area (Å²) in [5.74, 6) is -0.921. The molecule has 0 aliphatic heterocycles. The number of hydrogen-bond acceptors (Lipinski definition) is 4. The molecule has 1 saturated carbocycles. The first-order valence-corrected chi connectivity index (χ1v) is 13.5. The molecule has 1 aliphatic carbocycles. The number of carbonyl (C=O) groups excluding carboxylic acids is 1. The van der Waals surface area contributed by atoms with Gasteiger partial charge in [-0.25, -0.2) is 9.59 Å². The third kappa shape index (κ3) is 8.04. The van der Waals surface area contributed by atoms with Crippen LogP contribution in [0.4, 0.5) is 10.5 Å². The molecule has 2 atom stereocenters. The molecule has 202 valence electrons. The van der Waals surface area contributed by atoms with E-state index in [9.17, 15) is 14.7 Å². The van der Waals surface area contributed by atoms with Gasteiger partial charge in [-0.05, 0) is 75.1 Å². The molecular weight excluding hydrogens is 468 g/mol. The smallest absolute Gasteiger partial charge is 0.336 e. The van der Waals surface area contributed by atoms with E-state index in [2.05, 4.69) is 19.2 Å². The molecule has 0 saturated heterocycles. The van der Waals surface area contributed by atoms with Gasteiger partial charge in [0.05, 0.1) is 31.0 Å². The lowest BCUT2D eigenvalue weighted by molar-refractivity contribution is -0.0533. The zero-order valence-electron chi connectivity index (χ0n) is 22.7. The van der Waals surface area contributed by atoms with Crippen molar-refractivity contribution in [2.75, 3.05) is 18.5 Å². The van der Waals surface area contributed by atoms with Crippen LogP contribution >= 0.6 is 0 Å². The molecule has 7 heteroatoms. The number of carboxylic acids is 1. The molecule has 0 aromatic heterocycles. The number of ether oxygens (including phenoxy) is 2. The van der Waals surface area contributed by atoms with E-state index >= 15 is 0 Å². The van der Waals surface area contributed by atoms with Crippen LogP contribution in [0.25, 0.3) is 0 Å². The van der Waals surface area contributed by atoms with Crippen LogP contribution in [0.15, 0.2) is 42.5 Å². The molecule has 37 heavy (non-hydrogen) atoms. The van der Waals surface area contributed by atoms with Gasteiger partial charge in [-0.3, -0.25) is 0 Å². The number of carboxylic acid groups (broad SMARTS) is 1. The van der Waals surface area contributed by atoms with Gasteiger partial charge in [0.25, 0.3) is 0 Å². The summed E-state index contributed by atoms with van der Waals surface area (Å²) in [5, 5.41) is 12.6. The number of aromatic carboxylic acids is 1. The van der Waals surface area contributed by atoms with Crippen molar-refractivity contribution < 1.29 is 24.2 Å². The Bertz CT molecular complexity index is 1040. The van der Waals surface area contributed by atoms with Crippen LogP contribution in [-0.2, 0) is 16.1 Å². The van der Waals surface area contributed by atoms with Gasteiger partial charge in [0.1, 0.15) is 0 Å². The number of nitrogens with zero attached hydrogens (tertiary/aromatic N) is 1. The molecule has 2 aromatic carbocycles. The van der Waals surface area contributed by atoms with E-state index in [0.717, 1.165) is 55.3 Å². The number of carbonyl (C=O) groups is 2. The maximum Gasteiger partial charge on any atom is 0.336 e. The Morgan fingerprint density at radius 1 is 1.00 bits per heavy atom. The maximum atomic E-state index is 13.2. The average Bonchev–Trinajstić information content (AvgIpc) is 2.88. The van der Waals surface area contributed by atoms with E-state index in [1.54, 1.807) is 0 Å². The highest BCUT2D eigenvalue weighted by Gasteiger charge is 2.26. The third-order valence-electron chi connectivity index (χ3n) is 7.34. The van der Waals surface area contributed by atoms with Crippen LogP contribution in [0.2, 0.25) is 0 Å². The molecule has 1 aliphatic rings. The number of rotatable bonds is 12. The number of benzene rings is 2. The lowest BCUT2D eigenvalue weighted by Crippen LogP contribution is -2.44. The fourth-order valence-corrected chi connectivity index (χ4v) is 5.16. The van der Waals surface area contributed by atoms with Crippen LogP contribution in [0.3, 0.4) is 0 Å².